The first kappa shape index (κ1) is 22.1. The quantitative estimate of drug-likeness (QED) is 0.661. The highest BCUT2D eigenvalue weighted by molar-refractivity contribution is 6.01. The van der Waals surface area contributed by atoms with E-state index in [1.165, 1.54) is 18.2 Å². The number of nitrogens with one attached hydrogen (secondary N) is 2. The van der Waals surface area contributed by atoms with E-state index in [1.54, 1.807) is 31.2 Å². The maximum atomic E-state index is 13.4. The topological polar surface area (TPSA) is 84.5 Å². The number of hydrogen-bond donors (Lipinski definition) is 2. The second-order valence-electron chi connectivity index (χ2n) is 6.63. The molecule has 0 bridgehead atoms. The van der Waals surface area contributed by atoms with Gasteiger partial charge in [0.25, 0.3) is 5.91 Å². The van der Waals surface area contributed by atoms with Crippen molar-refractivity contribution in [3.05, 3.63) is 65.5 Å². The van der Waals surface area contributed by atoms with Gasteiger partial charge in [-0.2, -0.15) is 0 Å². The van der Waals surface area contributed by atoms with Crippen LogP contribution in [-0.2, 0) is 9.53 Å². The van der Waals surface area contributed by atoms with Crippen molar-refractivity contribution >= 4 is 23.5 Å². The molecule has 2 atom stereocenters. The number of halogens is 1. The van der Waals surface area contributed by atoms with Gasteiger partial charge in [-0.1, -0.05) is 26.3 Å². The van der Waals surface area contributed by atoms with E-state index in [9.17, 15) is 18.8 Å². The molecular formula is C22H25FN2O4. The van der Waals surface area contributed by atoms with Crippen molar-refractivity contribution in [3.63, 3.8) is 0 Å². The van der Waals surface area contributed by atoms with Gasteiger partial charge in [0, 0.05) is 11.3 Å². The molecule has 7 heteroatoms. The molecule has 0 spiro atoms. The highest BCUT2D eigenvalue weighted by Gasteiger charge is 2.26. The van der Waals surface area contributed by atoms with Gasteiger partial charge >= 0.3 is 5.97 Å². The number of amides is 2. The molecule has 29 heavy (non-hydrogen) atoms. The van der Waals surface area contributed by atoms with Crippen LogP contribution in [0.4, 0.5) is 10.1 Å². The Morgan fingerprint density at radius 1 is 1.03 bits per heavy atom. The summed E-state index contributed by atoms with van der Waals surface area (Å²) in [7, 11) is 0. The summed E-state index contributed by atoms with van der Waals surface area (Å²) in [6.07, 6.45) is 0.656. The van der Waals surface area contributed by atoms with Crippen LogP contribution in [-0.4, -0.2) is 30.4 Å². The fourth-order valence-corrected chi connectivity index (χ4v) is 2.68. The molecule has 0 aliphatic rings. The van der Waals surface area contributed by atoms with Crippen molar-refractivity contribution in [2.24, 2.45) is 5.92 Å². The zero-order valence-electron chi connectivity index (χ0n) is 16.7. The average Bonchev–Trinajstić information content (AvgIpc) is 2.71. The van der Waals surface area contributed by atoms with Gasteiger partial charge in [-0.25, -0.2) is 9.18 Å². The minimum absolute atomic E-state index is 0.143. The van der Waals surface area contributed by atoms with Crippen LogP contribution in [0.1, 0.15) is 47.9 Å². The second kappa shape index (κ2) is 10.4. The first-order valence-electron chi connectivity index (χ1n) is 9.50. The molecule has 2 rings (SSSR count). The molecule has 0 saturated heterocycles. The van der Waals surface area contributed by atoms with Gasteiger partial charge in [-0.15, -0.1) is 0 Å². The lowest BCUT2D eigenvalue weighted by Crippen LogP contribution is -2.47. The van der Waals surface area contributed by atoms with Crippen LogP contribution in [0.2, 0.25) is 0 Å². The number of anilines is 1. The van der Waals surface area contributed by atoms with Crippen LogP contribution >= 0.6 is 0 Å². The Hall–Kier alpha value is -3.22. The third-order valence-corrected chi connectivity index (χ3v) is 4.53. The van der Waals surface area contributed by atoms with Crippen LogP contribution in [0.25, 0.3) is 0 Å². The minimum atomic E-state index is -0.805. The number of carbonyl (C=O) groups is 3. The standard InChI is InChI=1S/C22H25FN2O4/c1-4-14(3)19(25-20(26)16-7-6-8-17(23)13-16)21(27)24-18-11-9-15(10-12-18)22(28)29-5-2/h6-14,19H,4-5H2,1-3H3,(H,24,27)(H,25,26)/t14-,19-/m0/s1. The predicted molar refractivity (Wildman–Crippen MR) is 108 cm³/mol. The molecule has 2 aromatic carbocycles. The van der Waals surface area contributed by atoms with Crippen LogP contribution in [0.3, 0.4) is 0 Å². The summed E-state index contributed by atoms with van der Waals surface area (Å²) < 4.78 is 18.3. The molecule has 0 radical (unpaired) electrons. The molecular weight excluding hydrogens is 375 g/mol. The molecule has 0 aromatic heterocycles. The summed E-state index contributed by atoms with van der Waals surface area (Å²) in [5.74, 6) is -2.03. The van der Waals surface area contributed by atoms with Gasteiger partial charge in [0.05, 0.1) is 12.2 Å². The molecule has 2 amide bonds. The van der Waals surface area contributed by atoms with Crippen molar-refractivity contribution in [2.75, 3.05) is 11.9 Å². The monoisotopic (exact) mass is 400 g/mol. The Morgan fingerprint density at radius 3 is 2.31 bits per heavy atom. The van der Waals surface area contributed by atoms with E-state index in [4.69, 9.17) is 4.74 Å². The lowest BCUT2D eigenvalue weighted by Gasteiger charge is -2.23. The minimum Gasteiger partial charge on any atom is -0.462 e. The molecule has 6 nitrogen and oxygen atoms in total. The van der Waals surface area contributed by atoms with Gasteiger partial charge in [0.15, 0.2) is 0 Å². The van der Waals surface area contributed by atoms with E-state index in [-0.39, 0.29) is 18.1 Å². The number of benzene rings is 2. The lowest BCUT2D eigenvalue weighted by atomic mass is 9.97. The molecule has 154 valence electrons. The first-order chi connectivity index (χ1) is 13.8. The largest absolute Gasteiger partial charge is 0.462 e. The third-order valence-electron chi connectivity index (χ3n) is 4.53. The molecule has 0 aliphatic heterocycles. The summed E-state index contributed by atoms with van der Waals surface area (Å²) in [5, 5.41) is 5.43. The van der Waals surface area contributed by atoms with Crippen molar-refractivity contribution in [2.45, 2.75) is 33.2 Å². The normalized spacial score (nSPS) is 12.6. The maximum Gasteiger partial charge on any atom is 0.338 e. The Bertz CT molecular complexity index is 867. The van der Waals surface area contributed by atoms with Crippen LogP contribution in [0.5, 0.6) is 0 Å². The van der Waals surface area contributed by atoms with Crippen molar-refractivity contribution in [3.8, 4) is 0 Å². The van der Waals surface area contributed by atoms with Gasteiger partial charge in [-0.3, -0.25) is 9.59 Å². The lowest BCUT2D eigenvalue weighted by molar-refractivity contribution is -0.119. The number of ether oxygens (including phenoxy) is 1. The molecule has 2 aromatic rings. The maximum absolute atomic E-state index is 13.4. The fourth-order valence-electron chi connectivity index (χ4n) is 2.68. The summed E-state index contributed by atoms with van der Waals surface area (Å²) in [6.45, 7) is 5.76. The fraction of sp³-hybridized carbons (Fsp3) is 0.318. The van der Waals surface area contributed by atoms with Crippen molar-refractivity contribution in [1.82, 2.24) is 5.32 Å². The molecule has 0 unspecified atom stereocenters. The van der Waals surface area contributed by atoms with E-state index >= 15 is 0 Å². The third kappa shape index (κ3) is 6.14. The Kier molecular flexibility index (Phi) is 7.88. The van der Waals surface area contributed by atoms with E-state index in [0.29, 0.717) is 17.7 Å². The van der Waals surface area contributed by atoms with Gasteiger partial charge in [0.1, 0.15) is 11.9 Å². The molecule has 0 heterocycles. The van der Waals surface area contributed by atoms with Crippen molar-refractivity contribution < 1.29 is 23.5 Å². The Balaban J connectivity index is 2.10. The van der Waals surface area contributed by atoms with Gasteiger partial charge < -0.3 is 15.4 Å². The van der Waals surface area contributed by atoms with Crippen molar-refractivity contribution in [1.29, 1.82) is 0 Å². The Labute approximate surface area is 169 Å². The van der Waals surface area contributed by atoms with Crippen LogP contribution < -0.4 is 10.6 Å². The molecule has 0 aliphatic carbocycles. The van der Waals surface area contributed by atoms with E-state index < -0.39 is 29.6 Å². The zero-order chi connectivity index (χ0) is 21.4. The van der Waals surface area contributed by atoms with Crippen LogP contribution in [0, 0.1) is 11.7 Å². The number of hydrogen-bond acceptors (Lipinski definition) is 4. The summed E-state index contributed by atoms with van der Waals surface area (Å²) in [6, 6.07) is 10.8. The predicted octanol–water partition coefficient (Wildman–Crippen LogP) is 3.79. The molecule has 0 fully saturated rings. The van der Waals surface area contributed by atoms with Crippen LogP contribution in [0.15, 0.2) is 48.5 Å². The number of rotatable bonds is 8. The highest BCUT2D eigenvalue weighted by Crippen LogP contribution is 2.15. The molecule has 0 saturated carbocycles. The first-order valence-corrected chi connectivity index (χ1v) is 9.50. The number of esters is 1. The zero-order valence-corrected chi connectivity index (χ0v) is 16.7. The molecule has 2 N–H and O–H groups in total. The van der Waals surface area contributed by atoms with E-state index in [0.717, 1.165) is 6.07 Å². The SMILES string of the molecule is CCOC(=O)c1ccc(NC(=O)[C@@H](NC(=O)c2cccc(F)c2)[C@@H](C)CC)cc1. The smallest absolute Gasteiger partial charge is 0.338 e. The van der Waals surface area contributed by atoms with E-state index in [2.05, 4.69) is 10.6 Å². The second-order valence-corrected chi connectivity index (χ2v) is 6.63. The average molecular weight is 400 g/mol. The van der Waals surface area contributed by atoms with E-state index in [1.807, 2.05) is 13.8 Å². The van der Waals surface area contributed by atoms with Gasteiger partial charge in [0.2, 0.25) is 5.91 Å². The summed E-state index contributed by atoms with van der Waals surface area (Å²) >= 11 is 0. The summed E-state index contributed by atoms with van der Waals surface area (Å²) in [5.41, 5.74) is 1.00. The van der Waals surface area contributed by atoms with Gasteiger partial charge in [-0.05, 0) is 55.3 Å². The Morgan fingerprint density at radius 2 is 1.72 bits per heavy atom. The number of carbonyl (C=O) groups excluding carboxylic acids is 3. The highest BCUT2D eigenvalue weighted by atomic mass is 19.1. The summed E-state index contributed by atoms with van der Waals surface area (Å²) in [4.78, 5) is 36.9.